The lowest BCUT2D eigenvalue weighted by atomic mass is 10.0. The molecule has 0 saturated carbocycles. The van der Waals surface area contributed by atoms with E-state index < -0.39 is 18.1 Å². The number of likely N-dealkylation sites (N-methyl/N-ethyl adjacent to an activating group) is 1. The van der Waals surface area contributed by atoms with Gasteiger partial charge < -0.3 is 23.8 Å². The van der Waals surface area contributed by atoms with E-state index in [0.717, 1.165) is 38.5 Å². The van der Waals surface area contributed by atoms with Crippen molar-refractivity contribution < 1.29 is 38.2 Å². The van der Waals surface area contributed by atoms with Gasteiger partial charge >= 0.3 is 17.9 Å². The Labute approximate surface area is 327 Å². The van der Waals surface area contributed by atoms with Crippen LogP contribution >= 0.6 is 0 Å². The van der Waals surface area contributed by atoms with Crippen LogP contribution in [-0.2, 0) is 28.6 Å². The molecule has 0 saturated heterocycles. The van der Waals surface area contributed by atoms with Gasteiger partial charge in [0.2, 0.25) is 0 Å². The number of esters is 2. The normalized spacial score (nSPS) is 13.0. The molecule has 0 radical (unpaired) electrons. The number of carboxylic acids is 1. The van der Waals surface area contributed by atoms with Gasteiger partial charge in [0.25, 0.3) is 0 Å². The zero-order valence-corrected chi connectivity index (χ0v) is 35.5. The highest BCUT2D eigenvalue weighted by atomic mass is 16.6. The van der Waals surface area contributed by atoms with E-state index in [0.29, 0.717) is 19.3 Å². The molecule has 0 aliphatic rings. The molecule has 2 unspecified atom stereocenters. The maximum Gasteiger partial charge on any atom is 0.362 e. The first-order chi connectivity index (χ1) is 25.6. The number of carboxylic acid groups (broad SMARTS) is 1. The predicted molar refractivity (Wildman–Crippen MR) is 220 cm³/mol. The van der Waals surface area contributed by atoms with E-state index in [1.165, 1.54) is 135 Å². The lowest BCUT2D eigenvalue weighted by Gasteiger charge is -2.31. The number of nitrogens with zero attached hydrogens (tertiary/aromatic N) is 1. The highest BCUT2D eigenvalue weighted by molar-refractivity contribution is 5.72. The van der Waals surface area contributed by atoms with Gasteiger partial charge in [-0.25, -0.2) is 4.79 Å². The van der Waals surface area contributed by atoms with Gasteiger partial charge in [-0.05, 0) is 38.5 Å². The van der Waals surface area contributed by atoms with Crippen LogP contribution in [0.4, 0.5) is 0 Å². The molecule has 312 valence electrons. The Kier molecular flexibility index (Phi) is 35.7. The van der Waals surface area contributed by atoms with Crippen molar-refractivity contribution in [3.63, 3.8) is 0 Å². The lowest BCUT2D eigenvalue weighted by molar-refractivity contribution is -0.887. The first-order valence-electron chi connectivity index (χ1n) is 22.2. The topological polar surface area (TPSA) is 99.1 Å². The van der Waals surface area contributed by atoms with E-state index in [-0.39, 0.29) is 36.2 Å². The summed E-state index contributed by atoms with van der Waals surface area (Å²) < 4.78 is 17.3. The summed E-state index contributed by atoms with van der Waals surface area (Å²) in [7, 11) is 5.53. The molecular formula is C45H86NO7+. The maximum atomic E-state index is 12.7. The second-order valence-electron chi connectivity index (χ2n) is 16.3. The summed E-state index contributed by atoms with van der Waals surface area (Å²) >= 11 is 0. The number of allylic oxidation sites excluding steroid dienone is 2. The van der Waals surface area contributed by atoms with E-state index in [1.807, 2.05) is 21.1 Å². The van der Waals surface area contributed by atoms with Crippen LogP contribution in [0, 0.1) is 0 Å². The molecular weight excluding hydrogens is 666 g/mol. The monoisotopic (exact) mass is 753 g/mol. The molecule has 8 heteroatoms. The smallest absolute Gasteiger partial charge is 0.362 e. The molecule has 0 aromatic heterocycles. The van der Waals surface area contributed by atoms with Crippen molar-refractivity contribution in [2.24, 2.45) is 0 Å². The van der Waals surface area contributed by atoms with Crippen LogP contribution in [0.5, 0.6) is 0 Å². The molecule has 8 nitrogen and oxygen atoms in total. The minimum atomic E-state index is -0.873. The number of aliphatic carboxylic acids is 1. The number of rotatable bonds is 40. The predicted octanol–water partition coefficient (Wildman–Crippen LogP) is 11.9. The summed E-state index contributed by atoms with van der Waals surface area (Å²) in [6.07, 6.45) is 38.2. The summed E-state index contributed by atoms with van der Waals surface area (Å²) in [5, 5.41) is 9.61. The molecule has 0 aromatic carbocycles. The van der Waals surface area contributed by atoms with Gasteiger partial charge in [0.15, 0.2) is 12.1 Å². The number of unbranched alkanes of at least 4 members (excludes halogenated alkanes) is 24. The number of hydrogen-bond donors (Lipinski definition) is 1. The maximum absolute atomic E-state index is 12.7. The van der Waals surface area contributed by atoms with Gasteiger partial charge in [-0.15, -0.1) is 0 Å². The largest absolute Gasteiger partial charge is 0.477 e. The van der Waals surface area contributed by atoms with Gasteiger partial charge in [-0.3, -0.25) is 9.59 Å². The molecule has 0 aliphatic heterocycles. The molecule has 53 heavy (non-hydrogen) atoms. The van der Waals surface area contributed by atoms with Crippen molar-refractivity contribution in [1.29, 1.82) is 0 Å². The Morgan fingerprint density at radius 2 is 0.943 bits per heavy atom. The summed E-state index contributed by atoms with van der Waals surface area (Å²) in [5.41, 5.74) is 0. The molecule has 0 fully saturated rings. The number of hydrogen-bond acceptors (Lipinski definition) is 6. The minimum Gasteiger partial charge on any atom is -0.477 e. The van der Waals surface area contributed by atoms with Gasteiger partial charge in [0.05, 0.1) is 34.4 Å². The number of carbonyl (C=O) groups excluding carboxylic acids is 2. The number of quaternary nitrogens is 1. The summed E-state index contributed by atoms with van der Waals surface area (Å²) in [5.74, 6) is -1.46. The minimum absolute atomic E-state index is 0.0469. The van der Waals surface area contributed by atoms with Crippen molar-refractivity contribution >= 4 is 17.9 Å². The van der Waals surface area contributed by atoms with E-state index in [2.05, 4.69) is 26.0 Å². The van der Waals surface area contributed by atoms with Gasteiger partial charge in [0.1, 0.15) is 6.61 Å². The second-order valence-corrected chi connectivity index (χ2v) is 16.3. The quantitative estimate of drug-likeness (QED) is 0.0288. The molecule has 0 heterocycles. The van der Waals surface area contributed by atoms with Gasteiger partial charge in [-0.1, -0.05) is 161 Å². The molecule has 0 aromatic rings. The van der Waals surface area contributed by atoms with Crippen LogP contribution in [0.25, 0.3) is 0 Å². The standard InChI is InChI=1S/C45H85NO7/c1-6-8-10-12-14-16-18-20-21-22-23-24-26-28-30-32-34-36-44(48)53-41(39-51-38-37-42(45(49)50)46(3,4)5)40-52-43(47)35-33-31-29-27-25-19-17-15-13-11-9-7-2/h20-21,41-42H,6-19,22-40H2,1-5H3/p+1/b21-20+. The Bertz CT molecular complexity index is 885. The van der Waals surface area contributed by atoms with E-state index in [9.17, 15) is 19.5 Å². The number of carbonyl (C=O) groups is 3. The molecule has 2 atom stereocenters. The van der Waals surface area contributed by atoms with Crippen molar-refractivity contribution in [3.05, 3.63) is 12.2 Å². The summed E-state index contributed by atoms with van der Waals surface area (Å²) in [4.78, 5) is 36.9. The Morgan fingerprint density at radius 1 is 0.547 bits per heavy atom. The van der Waals surface area contributed by atoms with Crippen molar-refractivity contribution in [2.75, 3.05) is 41.0 Å². The lowest BCUT2D eigenvalue weighted by Crippen LogP contribution is -2.50. The van der Waals surface area contributed by atoms with Crippen LogP contribution in [0.1, 0.15) is 206 Å². The van der Waals surface area contributed by atoms with Crippen LogP contribution in [0.3, 0.4) is 0 Å². The van der Waals surface area contributed by atoms with Crippen LogP contribution < -0.4 is 0 Å². The van der Waals surface area contributed by atoms with E-state index in [1.54, 1.807) is 0 Å². The summed E-state index contributed by atoms with van der Waals surface area (Å²) in [6, 6.07) is -0.610. The fourth-order valence-corrected chi connectivity index (χ4v) is 6.67. The van der Waals surface area contributed by atoms with Gasteiger partial charge in [0, 0.05) is 19.3 Å². The zero-order chi connectivity index (χ0) is 39.3. The van der Waals surface area contributed by atoms with Crippen LogP contribution in [0.2, 0.25) is 0 Å². The fraction of sp³-hybridized carbons (Fsp3) is 0.889. The summed E-state index contributed by atoms with van der Waals surface area (Å²) in [6.45, 7) is 4.74. The Balaban J connectivity index is 4.31. The first-order valence-corrected chi connectivity index (χ1v) is 22.2. The zero-order valence-electron chi connectivity index (χ0n) is 35.5. The third kappa shape index (κ3) is 35.5. The van der Waals surface area contributed by atoms with Crippen LogP contribution in [-0.4, -0.2) is 80.6 Å². The molecule has 0 bridgehead atoms. The average molecular weight is 753 g/mol. The van der Waals surface area contributed by atoms with E-state index >= 15 is 0 Å². The molecule has 0 aliphatic carbocycles. The van der Waals surface area contributed by atoms with E-state index in [4.69, 9.17) is 14.2 Å². The molecule has 0 amide bonds. The highest BCUT2D eigenvalue weighted by Crippen LogP contribution is 2.15. The third-order valence-electron chi connectivity index (χ3n) is 10.2. The molecule has 1 N–H and O–H groups in total. The third-order valence-corrected chi connectivity index (χ3v) is 10.2. The Hall–Kier alpha value is -1.93. The Morgan fingerprint density at radius 3 is 1.36 bits per heavy atom. The van der Waals surface area contributed by atoms with Crippen molar-refractivity contribution in [3.8, 4) is 0 Å². The second kappa shape index (κ2) is 37.0. The highest BCUT2D eigenvalue weighted by Gasteiger charge is 2.31. The van der Waals surface area contributed by atoms with Crippen LogP contribution in [0.15, 0.2) is 12.2 Å². The van der Waals surface area contributed by atoms with Crippen molar-refractivity contribution in [2.45, 2.75) is 219 Å². The van der Waals surface area contributed by atoms with Crippen molar-refractivity contribution in [1.82, 2.24) is 0 Å². The number of ether oxygens (including phenoxy) is 3. The molecule has 0 rings (SSSR count). The average Bonchev–Trinajstić information content (AvgIpc) is 3.11. The van der Waals surface area contributed by atoms with Gasteiger partial charge in [-0.2, -0.15) is 0 Å². The first kappa shape index (κ1) is 51.1. The molecule has 0 spiro atoms. The fourth-order valence-electron chi connectivity index (χ4n) is 6.67. The SMILES string of the molecule is CCCCCCCC/C=C/CCCCCCCCCC(=O)OC(COCCC(C(=O)O)[N+](C)(C)C)COC(=O)CCCCCCCCCCCCCC.